The molecule has 1 fully saturated rings. The molecular formula is C21H19N9O7. The maximum Gasteiger partial charge on any atom is 0.282 e. The van der Waals surface area contributed by atoms with E-state index in [2.05, 4.69) is 30.8 Å². The Hall–Kier alpha value is -5.12. The van der Waals surface area contributed by atoms with Gasteiger partial charge in [0.05, 0.1) is 40.9 Å². The maximum atomic E-state index is 11.5. The van der Waals surface area contributed by atoms with Gasteiger partial charge in [-0.25, -0.2) is 5.43 Å². The summed E-state index contributed by atoms with van der Waals surface area (Å²) in [6.45, 7) is 2.06. The standard InChI is InChI=1S/C21H19N9O7/c31-29(32)15-3-1-2-14(9-15)23-19-24-20(26-21(25-19)28-4-6-35-7-5-28)27-22-11-13-8-17-18(37-12-36-17)10-16(13)30(33)34/h1-3,8-11H,4-7,12H2,(H2,23,24,25,26,27). The fourth-order valence-electron chi connectivity index (χ4n) is 3.57. The first-order chi connectivity index (χ1) is 18.0. The molecule has 1 saturated heterocycles. The van der Waals surface area contributed by atoms with Crippen LogP contribution in [0.15, 0.2) is 41.5 Å². The van der Waals surface area contributed by atoms with E-state index in [-0.39, 0.29) is 41.4 Å². The predicted octanol–water partition coefficient (Wildman–Crippen LogP) is 2.44. The zero-order valence-corrected chi connectivity index (χ0v) is 19.1. The number of anilines is 4. The van der Waals surface area contributed by atoms with Gasteiger partial charge in [0.1, 0.15) is 0 Å². The minimum atomic E-state index is -0.552. The minimum Gasteiger partial charge on any atom is -0.454 e. The molecule has 0 amide bonds. The number of nitro benzene ring substituents is 2. The van der Waals surface area contributed by atoms with Crippen molar-refractivity contribution < 1.29 is 24.1 Å². The van der Waals surface area contributed by atoms with Crippen molar-refractivity contribution in [2.75, 3.05) is 48.7 Å². The van der Waals surface area contributed by atoms with Crippen molar-refractivity contribution in [1.82, 2.24) is 15.0 Å². The largest absolute Gasteiger partial charge is 0.454 e. The second-order valence-electron chi connectivity index (χ2n) is 7.71. The van der Waals surface area contributed by atoms with Crippen molar-refractivity contribution in [3.05, 3.63) is 62.2 Å². The highest BCUT2D eigenvalue weighted by atomic mass is 16.7. The lowest BCUT2D eigenvalue weighted by atomic mass is 10.1. The molecule has 0 bridgehead atoms. The van der Waals surface area contributed by atoms with Crippen LogP contribution in [0.2, 0.25) is 0 Å². The number of nitrogens with one attached hydrogen (secondary N) is 2. The molecule has 16 heteroatoms. The molecule has 2 N–H and O–H groups in total. The van der Waals surface area contributed by atoms with E-state index in [1.165, 1.54) is 36.5 Å². The zero-order valence-electron chi connectivity index (χ0n) is 19.1. The molecule has 3 heterocycles. The van der Waals surface area contributed by atoms with Gasteiger partial charge in [-0.05, 0) is 12.1 Å². The Morgan fingerprint density at radius 2 is 1.73 bits per heavy atom. The molecule has 1 aromatic heterocycles. The van der Waals surface area contributed by atoms with E-state index in [1.807, 2.05) is 4.90 Å². The summed E-state index contributed by atoms with van der Waals surface area (Å²) in [7, 11) is 0. The summed E-state index contributed by atoms with van der Waals surface area (Å²) < 4.78 is 15.9. The summed E-state index contributed by atoms with van der Waals surface area (Å²) in [5, 5.41) is 29.6. The molecular weight excluding hydrogens is 490 g/mol. The molecule has 37 heavy (non-hydrogen) atoms. The van der Waals surface area contributed by atoms with Crippen LogP contribution in [0.4, 0.5) is 34.9 Å². The molecule has 0 spiro atoms. The summed E-state index contributed by atoms with van der Waals surface area (Å²) in [6.07, 6.45) is 1.24. The maximum absolute atomic E-state index is 11.5. The normalized spacial score (nSPS) is 14.5. The number of nitrogens with zero attached hydrogens (tertiary/aromatic N) is 7. The second kappa shape index (κ2) is 10.2. The van der Waals surface area contributed by atoms with Gasteiger partial charge in [0.2, 0.25) is 24.6 Å². The van der Waals surface area contributed by atoms with E-state index >= 15 is 0 Å². The quantitative estimate of drug-likeness (QED) is 0.256. The molecule has 190 valence electrons. The van der Waals surface area contributed by atoms with Crippen LogP contribution in [0.1, 0.15) is 5.56 Å². The third kappa shape index (κ3) is 5.43. The molecule has 2 aliphatic rings. The first kappa shape index (κ1) is 23.6. The lowest BCUT2D eigenvalue weighted by Gasteiger charge is -2.27. The Bertz CT molecular complexity index is 1380. The summed E-state index contributed by atoms with van der Waals surface area (Å²) in [4.78, 5) is 36.5. The number of aromatic nitrogens is 3. The Morgan fingerprint density at radius 1 is 0.973 bits per heavy atom. The van der Waals surface area contributed by atoms with Crippen molar-refractivity contribution >= 4 is 41.1 Å². The summed E-state index contributed by atoms with van der Waals surface area (Å²) in [6, 6.07) is 8.61. The van der Waals surface area contributed by atoms with Gasteiger partial charge in [-0.1, -0.05) is 6.07 Å². The van der Waals surface area contributed by atoms with Gasteiger partial charge in [-0.15, -0.1) is 0 Å². The van der Waals surface area contributed by atoms with E-state index in [0.717, 1.165) is 0 Å². The number of morpholine rings is 1. The van der Waals surface area contributed by atoms with Crippen LogP contribution in [0.25, 0.3) is 0 Å². The Morgan fingerprint density at radius 3 is 2.49 bits per heavy atom. The van der Waals surface area contributed by atoms with Crippen LogP contribution in [-0.4, -0.2) is 64.1 Å². The topological polar surface area (TPSA) is 192 Å². The first-order valence-corrected chi connectivity index (χ1v) is 10.9. The van der Waals surface area contributed by atoms with Gasteiger partial charge in [-0.2, -0.15) is 20.1 Å². The van der Waals surface area contributed by atoms with E-state index in [0.29, 0.717) is 43.7 Å². The van der Waals surface area contributed by atoms with Gasteiger partial charge < -0.3 is 24.4 Å². The Labute approximate surface area is 208 Å². The van der Waals surface area contributed by atoms with E-state index < -0.39 is 9.85 Å². The highest BCUT2D eigenvalue weighted by molar-refractivity contribution is 5.87. The number of ether oxygens (including phenoxy) is 3. The minimum absolute atomic E-state index is 0.0269. The molecule has 0 aliphatic carbocycles. The van der Waals surface area contributed by atoms with Crippen LogP contribution in [0.3, 0.4) is 0 Å². The molecule has 0 saturated carbocycles. The molecule has 0 radical (unpaired) electrons. The van der Waals surface area contributed by atoms with E-state index in [1.54, 1.807) is 6.07 Å². The smallest absolute Gasteiger partial charge is 0.282 e. The van der Waals surface area contributed by atoms with E-state index in [4.69, 9.17) is 14.2 Å². The fraction of sp³-hybridized carbons (Fsp3) is 0.238. The van der Waals surface area contributed by atoms with Crippen LogP contribution in [0, 0.1) is 20.2 Å². The third-order valence-corrected chi connectivity index (χ3v) is 5.32. The second-order valence-corrected chi connectivity index (χ2v) is 7.71. The van der Waals surface area contributed by atoms with Gasteiger partial charge >= 0.3 is 0 Å². The number of hydrazone groups is 1. The Balaban J connectivity index is 1.42. The number of non-ortho nitro benzene ring substituents is 1. The third-order valence-electron chi connectivity index (χ3n) is 5.32. The summed E-state index contributed by atoms with van der Waals surface area (Å²) in [5.41, 5.74) is 2.94. The summed E-state index contributed by atoms with van der Waals surface area (Å²) >= 11 is 0. The monoisotopic (exact) mass is 509 g/mol. The van der Waals surface area contributed by atoms with Crippen molar-refractivity contribution in [3.8, 4) is 11.5 Å². The van der Waals surface area contributed by atoms with Gasteiger partial charge in [0, 0.05) is 30.9 Å². The zero-order chi connectivity index (χ0) is 25.8. The SMILES string of the molecule is O=[N+]([O-])c1cccc(Nc2nc(NN=Cc3cc4c(cc3[N+](=O)[O-])OCO4)nc(N3CCOCC3)n2)c1. The van der Waals surface area contributed by atoms with Crippen LogP contribution in [0.5, 0.6) is 11.5 Å². The predicted molar refractivity (Wildman–Crippen MR) is 130 cm³/mol. The van der Waals surface area contributed by atoms with E-state index in [9.17, 15) is 20.2 Å². The number of hydrogen-bond acceptors (Lipinski definition) is 14. The molecule has 5 rings (SSSR count). The number of benzene rings is 2. The lowest BCUT2D eigenvalue weighted by molar-refractivity contribution is -0.385. The fourth-order valence-corrected chi connectivity index (χ4v) is 3.57. The number of nitro groups is 2. The lowest BCUT2D eigenvalue weighted by Crippen LogP contribution is -2.37. The number of hydrogen-bond donors (Lipinski definition) is 2. The Kier molecular flexibility index (Phi) is 6.54. The average Bonchev–Trinajstić information content (AvgIpc) is 3.36. The molecule has 3 aromatic rings. The van der Waals surface area contributed by atoms with Crippen LogP contribution >= 0.6 is 0 Å². The van der Waals surface area contributed by atoms with Crippen LogP contribution < -0.4 is 25.1 Å². The van der Waals surface area contributed by atoms with Crippen molar-refractivity contribution in [1.29, 1.82) is 0 Å². The average molecular weight is 509 g/mol. The summed E-state index contributed by atoms with van der Waals surface area (Å²) in [5.74, 6) is 1.14. The molecule has 0 atom stereocenters. The molecule has 2 aliphatic heterocycles. The van der Waals surface area contributed by atoms with Gasteiger partial charge in [-0.3, -0.25) is 20.2 Å². The number of rotatable bonds is 8. The molecule has 0 unspecified atom stereocenters. The molecule has 2 aromatic carbocycles. The van der Waals surface area contributed by atoms with Crippen molar-refractivity contribution in [2.45, 2.75) is 0 Å². The van der Waals surface area contributed by atoms with Gasteiger partial charge in [0.25, 0.3) is 11.4 Å². The van der Waals surface area contributed by atoms with Crippen molar-refractivity contribution in [2.24, 2.45) is 5.10 Å². The highest BCUT2D eigenvalue weighted by Crippen LogP contribution is 2.37. The number of fused-ring (bicyclic) bond motifs is 1. The van der Waals surface area contributed by atoms with Gasteiger partial charge in [0.15, 0.2) is 11.5 Å². The van der Waals surface area contributed by atoms with Crippen molar-refractivity contribution in [3.63, 3.8) is 0 Å². The highest BCUT2D eigenvalue weighted by Gasteiger charge is 2.23. The first-order valence-electron chi connectivity index (χ1n) is 10.9. The molecule has 16 nitrogen and oxygen atoms in total. The van der Waals surface area contributed by atoms with Crippen LogP contribution in [-0.2, 0) is 4.74 Å².